The van der Waals surface area contributed by atoms with Crippen LogP contribution >= 0.6 is 11.8 Å². The first kappa shape index (κ1) is 9.65. The molecular formula is C9H17N2S+. The number of nitrogens with one attached hydrogen (secondary N) is 1. The first-order valence-electron chi connectivity index (χ1n) is 4.43. The van der Waals surface area contributed by atoms with Crippen molar-refractivity contribution in [2.75, 3.05) is 6.26 Å². The van der Waals surface area contributed by atoms with Crippen molar-refractivity contribution in [3.8, 4) is 0 Å². The Balaban J connectivity index is 2.51. The van der Waals surface area contributed by atoms with E-state index in [-0.39, 0.29) is 0 Å². The van der Waals surface area contributed by atoms with Crippen LogP contribution in [0.5, 0.6) is 0 Å². The van der Waals surface area contributed by atoms with Gasteiger partial charge >= 0.3 is 0 Å². The molecule has 0 amide bonds. The number of aryl methyl sites for hydroxylation is 1. The molecule has 0 unspecified atom stereocenters. The van der Waals surface area contributed by atoms with Gasteiger partial charge in [0.1, 0.15) is 18.3 Å². The van der Waals surface area contributed by atoms with Crippen LogP contribution in [0, 0.1) is 0 Å². The number of unbranched alkanes of at least 4 members (excludes halogenated alkanes) is 1. The molecule has 68 valence electrons. The average molecular weight is 185 g/mol. The molecule has 0 aliphatic rings. The summed E-state index contributed by atoms with van der Waals surface area (Å²) in [5.74, 6) is 2.41. The van der Waals surface area contributed by atoms with Crippen molar-refractivity contribution in [1.82, 2.24) is 4.98 Å². The third-order valence-electron chi connectivity index (χ3n) is 1.89. The molecule has 0 atom stereocenters. The minimum absolute atomic E-state index is 1.06. The van der Waals surface area contributed by atoms with E-state index in [1.54, 1.807) is 0 Å². The van der Waals surface area contributed by atoms with Crippen molar-refractivity contribution in [1.29, 1.82) is 0 Å². The lowest BCUT2D eigenvalue weighted by molar-refractivity contribution is -0.682. The van der Waals surface area contributed by atoms with Gasteiger partial charge in [-0.25, -0.2) is 9.55 Å². The summed E-state index contributed by atoms with van der Waals surface area (Å²) >= 11 is 1.85. The summed E-state index contributed by atoms with van der Waals surface area (Å²) in [6.45, 7) is 2.22. The molecule has 0 bridgehead atoms. The number of aromatic amines is 1. The largest absolute Gasteiger partial charge is 0.254 e. The Kier molecular flexibility index (Phi) is 4.22. The van der Waals surface area contributed by atoms with Crippen molar-refractivity contribution in [3.63, 3.8) is 0 Å². The average Bonchev–Trinajstić information content (AvgIpc) is 2.50. The van der Waals surface area contributed by atoms with E-state index in [0.717, 1.165) is 5.88 Å². The maximum absolute atomic E-state index is 3.28. The van der Waals surface area contributed by atoms with Gasteiger partial charge in [-0.15, -0.1) is 11.8 Å². The first-order valence-corrected chi connectivity index (χ1v) is 5.82. The highest BCUT2D eigenvalue weighted by molar-refractivity contribution is 7.97. The minimum Gasteiger partial charge on any atom is -0.248 e. The number of aromatic nitrogens is 2. The number of hydrogen-bond acceptors (Lipinski definition) is 1. The fourth-order valence-corrected chi connectivity index (χ4v) is 1.74. The molecule has 0 saturated heterocycles. The Labute approximate surface area is 78.4 Å². The quantitative estimate of drug-likeness (QED) is 0.695. The van der Waals surface area contributed by atoms with E-state index in [1.165, 1.54) is 25.1 Å². The molecule has 1 N–H and O–H groups in total. The molecule has 0 saturated carbocycles. The molecule has 2 nitrogen and oxygen atoms in total. The molecule has 3 heteroatoms. The second-order valence-electron chi connectivity index (χ2n) is 2.90. The van der Waals surface area contributed by atoms with E-state index in [4.69, 9.17) is 0 Å². The van der Waals surface area contributed by atoms with E-state index < -0.39 is 0 Å². The van der Waals surface area contributed by atoms with Gasteiger partial charge in [-0.1, -0.05) is 13.3 Å². The molecule has 0 radical (unpaired) electrons. The summed E-state index contributed by atoms with van der Waals surface area (Å²) in [4.78, 5) is 3.28. The minimum atomic E-state index is 1.06. The van der Waals surface area contributed by atoms with Crippen molar-refractivity contribution < 1.29 is 4.57 Å². The van der Waals surface area contributed by atoms with Gasteiger partial charge in [0, 0.05) is 6.42 Å². The predicted molar refractivity (Wildman–Crippen MR) is 53.1 cm³/mol. The van der Waals surface area contributed by atoms with Crippen LogP contribution in [0.15, 0.2) is 12.4 Å². The highest BCUT2D eigenvalue weighted by Gasteiger charge is 2.07. The first-order chi connectivity index (χ1) is 5.88. The van der Waals surface area contributed by atoms with E-state index in [9.17, 15) is 0 Å². The van der Waals surface area contributed by atoms with Gasteiger partial charge in [-0.05, 0) is 12.7 Å². The Morgan fingerprint density at radius 1 is 1.58 bits per heavy atom. The number of nitrogens with zero attached hydrogens (tertiary/aromatic N) is 1. The SMILES string of the molecule is CCCCc1[nH]cc[n+]1CSC. The maximum Gasteiger partial charge on any atom is 0.254 e. The number of H-pyrrole nitrogens is 1. The predicted octanol–water partition coefficient (Wildman–Crippen LogP) is 1.97. The van der Waals surface area contributed by atoms with Crippen LogP contribution in [-0.4, -0.2) is 11.2 Å². The second kappa shape index (κ2) is 5.25. The molecule has 0 fully saturated rings. The lowest BCUT2D eigenvalue weighted by atomic mass is 10.2. The summed E-state index contributed by atoms with van der Waals surface area (Å²) in [7, 11) is 0. The lowest BCUT2D eigenvalue weighted by Crippen LogP contribution is -2.34. The maximum atomic E-state index is 3.28. The number of rotatable bonds is 5. The summed E-state index contributed by atoms with van der Waals surface area (Å²) in [5.41, 5.74) is 0. The Morgan fingerprint density at radius 3 is 3.08 bits per heavy atom. The van der Waals surface area contributed by atoms with Crippen LogP contribution < -0.4 is 4.57 Å². The normalized spacial score (nSPS) is 10.5. The van der Waals surface area contributed by atoms with Crippen molar-refractivity contribution in [2.45, 2.75) is 32.1 Å². The van der Waals surface area contributed by atoms with Crippen molar-refractivity contribution in [2.24, 2.45) is 0 Å². The Hall–Kier alpha value is -0.440. The molecule has 1 aromatic rings. The van der Waals surface area contributed by atoms with Crippen LogP contribution in [0.25, 0.3) is 0 Å². The topological polar surface area (TPSA) is 19.7 Å². The lowest BCUT2D eigenvalue weighted by Gasteiger charge is -1.96. The number of imidazole rings is 1. The Morgan fingerprint density at radius 2 is 2.42 bits per heavy atom. The molecule has 1 heterocycles. The summed E-state index contributed by atoms with van der Waals surface area (Å²) < 4.78 is 2.28. The van der Waals surface area contributed by atoms with Gasteiger partial charge in [0.25, 0.3) is 5.82 Å². The van der Waals surface area contributed by atoms with E-state index >= 15 is 0 Å². The standard InChI is InChI=1S/C9H16N2S/c1-3-4-5-9-10-6-7-11(9)8-12-2/h6-7H,3-5,8H2,1-2H3/p+1. The van der Waals surface area contributed by atoms with Gasteiger partial charge in [0.2, 0.25) is 0 Å². The number of hydrogen-bond donors (Lipinski definition) is 1. The number of thioether (sulfide) groups is 1. The van der Waals surface area contributed by atoms with Crippen LogP contribution in [0.4, 0.5) is 0 Å². The fourth-order valence-electron chi connectivity index (χ4n) is 1.22. The van der Waals surface area contributed by atoms with Crippen LogP contribution in [-0.2, 0) is 12.3 Å². The molecule has 1 aromatic heterocycles. The molecule has 12 heavy (non-hydrogen) atoms. The van der Waals surface area contributed by atoms with Gasteiger partial charge < -0.3 is 0 Å². The fraction of sp³-hybridized carbons (Fsp3) is 0.667. The zero-order valence-corrected chi connectivity index (χ0v) is 8.66. The van der Waals surface area contributed by atoms with Crippen molar-refractivity contribution >= 4 is 11.8 Å². The van der Waals surface area contributed by atoms with Crippen LogP contribution in [0.2, 0.25) is 0 Å². The summed E-state index contributed by atoms with van der Waals surface area (Å²) in [5, 5.41) is 0. The van der Waals surface area contributed by atoms with Gasteiger partial charge in [0.15, 0.2) is 0 Å². The van der Waals surface area contributed by atoms with Crippen LogP contribution in [0.3, 0.4) is 0 Å². The third kappa shape index (κ3) is 2.55. The van der Waals surface area contributed by atoms with Gasteiger partial charge in [0.05, 0.1) is 0 Å². The highest BCUT2D eigenvalue weighted by atomic mass is 32.2. The summed E-state index contributed by atoms with van der Waals surface area (Å²) in [6.07, 6.45) is 9.96. The van der Waals surface area contributed by atoms with Crippen LogP contribution in [0.1, 0.15) is 25.6 Å². The zero-order chi connectivity index (χ0) is 8.81. The zero-order valence-electron chi connectivity index (χ0n) is 7.84. The van der Waals surface area contributed by atoms with Gasteiger partial charge in [-0.3, -0.25) is 0 Å². The molecule has 0 aliphatic carbocycles. The van der Waals surface area contributed by atoms with E-state index in [2.05, 4.69) is 28.9 Å². The van der Waals surface area contributed by atoms with Crippen molar-refractivity contribution in [3.05, 3.63) is 18.2 Å². The molecule has 0 aromatic carbocycles. The summed E-state index contributed by atoms with van der Waals surface area (Å²) in [6, 6.07) is 0. The molecular weight excluding hydrogens is 168 g/mol. The van der Waals surface area contributed by atoms with Gasteiger partial charge in [-0.2, -0.15) is 0 Å². The van der Waals surface area contributed by atoms with E-state index in [1.807, 2.05) is 18.0 Å². The highest BCUT2D eigenvalue weighted by Crippen LogP contribution is 1.99. The third-order valence-corrected chi connectivity index (χ3v) is 2.42. The molecule has 1 rings (SSSR count). The Bertz CT molecular complexity index is 220. The smallest absolute Gasteiger partial charge is 0.248 e. The molecule has 0 aliphatic heterocycles. The second-order valence-corrected chi connectivity index (χ2v) is 3.73. The van der Waals surface area contributed by atoms with E-state index in [0.29, 0.717) is 0 Å². The monoisotopic (exact) mass is 185 g/mol. The molecule has 0 spiro atoms.